The first-order chi connectivity index (χ1) is 20.2. The van der Waals surface area contributed by atoms with Crippen LogP contribution in [0.2, 0.25) is 0 Å². The van der Waals surface area contributed by atoms with Crippen LogP contribution in [0.15, 0.2) is 71.3 Å². The van der Waals surface area contributed by atoms with Crippen LogP contribution in [0.25, 0.3) is 0 Å². The number of hydrogen-bond donors (Lipinski definition) is 1. The molecule has 0 spiro atoms. The lowest BCUT2D eigenvalue weighted by Gasteiger charge is -2.37. The van der Waals surface area contributed by atoms with Crippen molar-refractivity contribution in [1.29, 1.82) is 0 Å². The number of nitrogens with zero attached hydrogens (tertiary/aromatic N) is 3. The van der Waals surface area contributed by atoms with Crippen LogP contribution in [0.1, 0.15) is 25.8 Å². The second-order valence-electron chi connectivity index (χ2n) is 10.9. The Bertz CT molecular complexity index is 1280. The molecule has 0 aliphatic carbocycles. The third-order valence-corrected chi connectivity index (χ3v) is 9.67. The zero-order valence-corrected chi connectivity index (χ0v) is 25.5. The van der Waals surface area contributed by atoms with E-state index in [1.54, 1.807) is 12.1 Å². The van der Waals surface area contributed by atoms with Gasteiger partial charge in [-0.3, -0.25) is 9.69 Å². The lowest BCUT2D eigenvalue weighted by molar-refractivity contribution is -0.157. The van der Waals surface area contributed by atoms with Crippen LogP contribution >= 0.6 is 0 Å². The van der Waals surface area contributed by atoms with Crippen LogP contribution in [0.3, 0.4) is 0 Å². The maximum absolute atomic E-state index is 13.5. The number of benzene rings is 2. The third kappa shape index (κ3) is 8.32. The molecule has 2 heterocycles. The topological polar surface area (TPSA) is 109 Å². The summed E-state index contributed by atoms with van der Waals surface area (Å²) in [5, 5.41) is 9.54. The number of ether oxygens (including phenoxy) is 3. The van der Waals surface area contributed by atoms with E-state index >= 15 is 0 Å². The minimum absolute atomic E-state index is 0.0253. The third-order valence-electron chi connectivity index (χ3n) is 7.76. The fourth-order valence-electron chi connectivity index (χ4n) is 5.16. The Morgan fingerprint density at radius 3 is 2.36 bits per heavy atom. The smallest absolute Gasteiger partial charge is 0.288 e. The highest BCUT2D eigenvalue weighted by atomic mass is 32.2. The number of carbonyl (C=O) groups is 1. The summed E-state index contributed by atoms with van der Waals surface area (Å²) in [4.78, 5) is 17.7. The van der Waals surface area contributed by atoms with Gasteiger partial charge in [0.15, 0.2) is 5.76 Å². The molecule has 0 aromatic heterocycles. The Balaban J connectivity index is 1.33. The monoisotopic (exact) mass is 601 g/mol. The van der Waals surface area contributed by atoms with Crippen LogP contribution in [0.4, 0.5) is 0 Å². The molecule has 1 amide bonds. The summed E-state index contributed by atoms with van der Waals surface area (Å²) in [5.41, 5.74) is 1.25. The van der Waals surface area contributed by atoms with E-state index in [0.717, 1.165) is 19.6 Å². The van der Waals surface area contributed by atoms with E-state index in [0.29, 0.717) is 31.0 Å². The lowest BCUT2D eigenvalue weighted by atomic mass is 9.90. The summed E-state index contributed by atoms with van der Waals surface area (Å²) in [6.45, 7) is 7.51. The molecule has 10 nitrogen and oxygen atoms in total. The molecule has 2 aliphatic rings. The van der Waals surface area contributed by atoms with E-state index in [1.807, 2.05) is 29.2 Å². The molecule has 2 atom stereocenters. The molecule has 0 saturated carbocycles. The van der Waals surface area contributed by atoms with Crippen LogP contribution in [-0.4, -0.2) is 99.4 Å². The van der Waals surface area contributed by atoms with Gasteiger partial charge in [0.25, 0.3) is 5.91 Å². The van der Waals surface area contributed by atoms with Crippen molar-refractivity contribution in [2.24, 2.45) is 11.8 Å². The van der Waals surface area contributed by atoms with Crippen molar-refractivity contribution in [2.45, 2.75) is 38.0 Å². The van der Waals surface area contributed by atoms with E-state index < -0.39 is 16.3 Å². The second kappa shape index (κ2) is 15.0. The zero-order chi connectivity index (χ0) is 30.1. The number of rotatable bonds is 13. The predicted octanol–water partition coefficient (Wildman–Crippen LogP) is 2.94. The maximum Gasteiger partial charge on any atom is 0.288 e. The molecule has 0 radical (unpaired) electrons. The van der Waals surface area contributed by atoms with Gasteiger partial charge in [0.1, 0.15) is 5.75 Å². The van der Waals surface area contributed by atoms with Crippen LogP contribution in [0.5, 0.6) is 5.75 Å². The maximum atomic E-state index is 13.5. The number of hydrogen-bond acceptors (Lipinski definition) is 8. The molecule has 11 heteroatoms. The first kappa shape index (κ1) is 32.0. The SMILES string of the molecule is COc1ccc(S(=O)(=O)N(CCO)CCO[C@@H]2C[C@H](C(C)C)C=C(C(=O)N3CCN(Cc4ccccc4)CC3)O2)cc1. The van der Waals surface area contributed by atoms with Crippen molar-refractivity contribution < 1.29 is 32.5 Å². The highest BCUT2D eigenvalue weighted by molar-refractivity contribution is 7.89. The number of aliphatic hydroxyl groups excluding tert-OH is 1. The summed E-state index contributed by atoms with van der Waals surface area (Å²) in [6, 6.07) is 16.4. The molecule has 2 aromatic carbocycles. The van der Waals surface area contributed by atoms with Gasteiger partial charge in [-0.15, -0.1) is 0 Å². The minimum Gasteiger partial charge on any atom is -0.497 e. The number of amides is 1. The van der Waals surface area contributed by atoms with Gasteiger partial charge in [-0.1, -0.05) is 44.2 Å². The zero-order valence-electron chi connectivity index (χ0n) is 24.7. The van der Waals surface area contributed by atoms with Gasteiger partial charge < -0.3 is 24.2 Å². The molecule has 2 aromatic rings. The average Bonchev–Trinajstić information content (AvgIpc) is 3.01. The quantitative estimate of drug-likeness (QED) is 0.374. The Hall–Kier alpha value is -2.96. The number of sulfonamides is 1. The normalized spacial score (nSPS) is 20.0. The van der Waals surface area contributed by atoms with Gasteiger partial charge in [0.2, 0.25) is 16.3 Å². The lowest BCUT2D eigenvalue weighted by Crippen LogP contribution is -2.49. The van der Waals surface area contributed by atoms with Gasteiger partial charge in [-0.25, -0.2) is 8.42 Å². The molecule has 0 bridgehead atoms. The number of methoxy groups -OCH3 is 1. The molecule has 4 rings (SSSR count). The van der Waals surface area contributed by atoms with Crippen LogP contribution < -0.4 is 4.74 Å². The van der Waals surface area contributed by atoms with Crippen molar-refractivity contribution in [3.8, 4) is 5.75 Å². The molecular formula is C31H43N3O7S. The fourth-order valence-corrected chi connectivity index (χ4v) is 6.57. The predicted molar refractivity (Wildman–Crippen MR) is 159 cm³/mol. The Kier molecular flexibility index (Phi) is 11.4. The van der Waals surface area contributed by atoms with Gasteiger partial charge >= 0.3 is 0 Å². The number of piperazine rings is 1. The largest absolute Gasteiger partial charge is 0.497 e. The summed E-state index contributed by atoms with van der Waals surface area (Å²) in [6.07, 6.45) is 1.79. The van der Waals surface area contributed by atoms with Gasteiger partial charge in [-0.2, -0.15) is 4.31 Å². The first-order valence-electron chi connectivity index (χ1n) is 14.5. The number of aliphatic hydroxyl groups is 1. The van der Waals surface area contributed by atoms with E-state index in [-0.39, 0.29) is 48.9 Å². The minimum atomic E-state index is -3.86. The van der Waals surface area contributed by atoms with Crippen molar-refractivity contribution >= 4 is 15.9 Å². The Labute approximate surface area is 249 Å². The summed E-state index contributed by atoms with van der Waals surface area (Å²) < 4.78 is 44.8. The van der Waals surface area contributed by atoms with Gasteiger partial charge in [0.05, 0.1) is 25.2 Å². The molecule has 1 fully saturated rings. The van der Waals surface area contributed by atoms with Gasteiger partial charge in [-0.05, 0) is 47.7 Å². The van der Waals surface area contributed by atoms with E-state index in [4.69, 9.17) is 14.2 Å². The first-order valence-corrected chi connectivity index (χ1v) is 16.0. The fraction of sp³-hybridized carbons (Fsp3) is 0.516. The molecule has 1 saturated heterocycles. The molecular weight excluding hydrogens is 558 g/mol. The van der Waals surface area contributed by atoms with Crippen molar-refractivity contribution in [3.05, 3.63) is 72.0 Å². The molecule has 230 valence electrons. The van der Waals surface area contributed by atoms with Crippen molar-refractivity contribution in [2.75, 3.05) is 59.6 Å². The molecule has 42 heavy (non-hydrogen) atoms. The highest BCUT2D eigenvalue weighted by Crippen LogP contribution is 2.30. The van der Waals surface area contributed by atoms with Crippen molar-refractivity contribution in [1.82, 2.24) is 14.1 Å². The summed E-state index contributed by atoms with van der Waals surface area (Å²) in [5.74, 6) is 1.05. The average molecular weight is 602 g/mol. The molecule has 0 unspecified atom stereocenters. The summed E-state index contributed by atoms with van der Waals surface area (Å²) in [7, 11) is -2.35. The number of carbonyl (C=O) groups excluding carboxylic acids is 1. The van der Waals surface area contributed by atoms with E-state index in [9.17, 15) is 18.3 Å². The van der Waals surface area contributed by atoms with Crippen LogP contribution in [0, 0.1) is 11.8 Å². The van der Waals surface area contributed by atoms with E-state index in [1.165, 1.54) is 29.1 Å². The standard InChI is InChI=1S/C31H43N3O7S/c1-24(2)26-21-29(31(36)33-15-13-32(14-16-33)23-25-7-5-4-6-8-25)41-30(22-26)40-20-18-34(17-19-35)42(37,38)28-11-9-27(39-3)10-12-28/h4-12,21,24,26,30,35H,13-20,22-23H2,1-3H3/t26-,30+/m1/s1. The van der Waals surface area contributed by atoms with Crippen molar-refractivity contribution in [3.63, 3.8) is 0 Å². The second-order valence-corrected chi connectivity index (χ2v) is 12.9. The van der Waals surface area contributed by atoms with E-state index in [2.05, 4.69) is 30.9 Å². The molecule has 1 N–H and O–H groups in total. The summed E-state index contributed by atoms with van der Waals surface area (Å²) >= 11 is 0. The Morgan fingerprint density at radius 1 is 1.05 bits per heavy atom. The number of allylic oxidation sites excluding steroid dienone is 1. The highest BCUT2D eigenvalue weighted by Gasteiger charge is 2.33. The van der Waals surface area contributed by atoms with Gasteiger partial charge in [0, 0.05) is 52.2 Å². The molecule has 2 aliphatic heterocycles. The van der Waals surface area contributed by atoms with Crippen LogP contribution in [-0.2, 0) is 30.8 Å². The Morgan fingerprint density at radius 2 is 1.74 bits per heavy atom.